The largest absolute Gasteiger partial charge is 0.384 e. The maximum absolute atomic E-state index is 4.60. The Hall–Kier alpha value is -4.77. The van der Waals surface area contributed by atoms with E-state index in [1.54, 1.807) is 6.20 Å². The fourth-order valence-corrected chi connectivity index (χ4v) is 4.60. The maximum atomic E-state index is 4.60. The van der Waals surface area contributed by atoms with Crippen LogP contribution in [0.3, 0.4) is 0 Å². The third kappa shape index (κ3) is 9.11. The average molecular weight is 574 g/mol. The summed E-state index contributed by atoms with van der Waals surface area (Å²) in [6.45, 7) is 35.8. The van der Waals surface area contributed by atoms with Gasteiger partial charge < -0.3 is 20.9 Å². The zero-order valence-corrected chi connectivity index (χ0v) is 26.4. The Bertz CT molecular complexity index is 1480. The topological polar surface area (TPSA) is 51.7 Å². The van der Waals surface area contributed by atoms with E-state index in [1.807, 2.05) is 31.7 Å². The lowest BCUT2D eigenvalue weighted by Gasteiger charge is -2.27. The first kappa shape index (κ1) is 32.7. The maximum Gasteiger partial charge on any atom is 0.104 e. The van der Waals surface area contributed by atoms with Crippen LogP contribution in [0, 0.1) is 5.92 Å². The van der Waals surface area contributed by atoms with Gasteiger partial charge in [0, 0.05) is 49.7 Å². The molecular formula is C38H47N5. The lowest BCUT2D eigenvalue weighted by Crippen LogP contribution is -2.28. The van der Waals surface area contributed by atoms with Gasteiger partial charge in [-0.1, -0.05) is 101 Å². The van der Waals surface area contributed by atoms with E-state index in [-0.39, 0.29) is 0 Å². The minimum absolute atomic E-state index is 0.408. The molecule has 224 valence electrons. The van der Waals surface area contributed by atoms with Crippen LogP contribution in [-0.4, -0.2) is 17.3 Å². The molecule has 0 aliphatic heterocycles. The summed E-state index contributed by atoms with van der Waals surface area (Å²) in [5.41, 5.74) is 11.1. The van der Waals surface area contributed by atoms with Crippen molar-refractivity contribution in [2.75, 3.05) is 6.54 Å². The summed E-state index contributed by atoms with van der Waals surface area (Å²) in [5, 5.41) is 10.4. The van der Waals surface area contributed by atoms with E-state index in [2.05, 4.69) is 122 Å². The summed E-state index contributed by atoms with van der Waals surface area (Å²) in [4.78, 5) is 6.52. The first-order chi connectivity index (χ1) is 20.5. The first-order valence-corrected chi connectivity index (χ1v) is 14.7. The molecule has 2 aromatic carbocycles. The van der Waals surface area contributed by atoms with Crippen LogP contribution >= 0.6 is 0 Å². The van der Waals surface area contributed by atoms with Crippen LogP contribution < -0.4 is 16.0 Å². The van der Waals surface area contributed by atoms with E-state index in [0.717, 1.165) is 51.7 Å². The van der Waals surface area contributed by atoms with E-state index in [1.165, 1.54) is 22.4 Å². The molecule has 1 unspecified atom stereocenters. The van der Waals surface area contributed by atoms with Crippen LogP contribution in [0.4, 0.5) is 0 Å². The van der Waals surface area contributed by atoms with Crippen molar-refractivity contribution in [2.45, 2.75) is 47.3 Å². The Labute approximate surface area is 259 Å². The van der Waals surface area contributed by atoms with Gasteiger partial charge in [0.1, 0.15) is 5.84 Å². The van der Waals surface area contributed by atoms with Gasteiger partial charge in [-0.15, -0.1) is 0 Å². The zero-order chi connectivity index (χ0) is 31.5. The van der Waals surface area contributed by atoms with Crippen LogP contribution in [0.1, 0.15) is 49.9 Å². The highest BCUT2D eigenvalue weighted by Gasteiger charge is 2.19. The SMILES string of the molecule is C=CN(C(C)=NCC)/C(=C\C(=C)C(=C)NCc1cccc(CNC2=CC(=C)C2C)c1)C(=C)NCc1ccc(C(=C)C)cc1. The fourth-order valence-electron chi connectivity index (χ4n) is 4.60. The van der Waals surface area contributed by atoms with E-state index >= 15 is 0 Å². The van der Waals surface area contributed by atoms with Crippen molar-refractivity contribution in [2.24, 2.45) is 10.9 Å². The second-order valence-corrected chi connectivity index (χ2v) is 10.8. The number of rotatable bonds is 16. The van der Waals surface area contributed by atoms with Crippen molar-refractivity contribution in [3.05, 3.63) is 163 Å². The summed E-state index contributed by atoms with van der Waals surface area (Å²) < 4.78 is 0. The van der Waals surface area contributed by atoms with Gasteiger partial charge in [0.15, 0.2) is 0 Å². The standard InChI is InChI=1S/C38H47N5/c1-11-39-32(10)43(12-2)38(31(9)41-23-33-16-18-36(19-17-33)26(3)4)21-28(6)30(8)40-24-34-14-13-15-35(22-34)25-42-37-20-27(5)29(37)7/h12-22,29,40-42H,2-3,5-6,8-9,11,23-25H2,1,4,7,10H3/b38-21-,39-32?. The van der Waals surface area contributed by atoms with Crippen molar-refractivity contribution in [1.82, 2.24) is 20.9 Å². The van der Waals surface area contributed by atoms with Gasteiger partial charge in [-0.05, 0) is 66.3 Å². The molecule has 0 heterocycles. The van der Waals surface area contributed by atoms with Crippen molar-refractivity contribution < 1.29 is 0 Å². The highest BCUT2D eigenvalue weighted by Crippen LogP contribution is 2.29. The monoisotopic (exact) mass is 573 g/mol. The molecule has 5 nitrogen and oxygen atoms in total. The quantitative estimate of drug-likeness (QED) is 0.108. The molecule has 43 heavy (non-hydrogen) atoms. The fraction of sp³-hybridized carbons (Fsp3) is 0.237. The third-order valence-corrected chi connectivity index (χ3v) is 7.50. The van der Waals surface area contributed by atoms with Crippen molar-refractivity contribution in [3.8, 4) is 0 Å². The summed E-state index contributed by atoms with van der Waals surface area (Å²) >= 11 is 0. The summed E-state index contributed by atoms with van der Waals surface area (Å²) in [6.07, 6.45) is 5.82. The van der Waals surface area contributed by atoms with Crippen LogP contribution in [0.2, 0.25) is 0 Å². The lowest BCUT2D eigenvalue weighted by atomic mass is 9.87. The van der Waals surface area contributed by atoms with Gasteiger partial charge in [0.25, 0.3) is 0 Å². The third-order valence-electron chi connectivity index (χ3n) is 7.50. The normalized spacial score (nSPS) is 14.7. The smallest absolute Gasteiger partial charge is 0.104 e. The number of benzene rings is 2. The Kier molecular flexibility index (Phi) is 11.8. The minimum atomic E-state index is 0.408. The molecule has 0 bridgehead atoms. The van der Waals surface area contributed by atoms with Gasteiger partial charge in [-0.25, -0.2) is 0 Å². The predicted molar refractivity (Wildman–Crippen MR) is 186 cm³/mol. The Balaban J connectivity index is 1.69. The molecule has 0 amide bonds. The number of nitrogens with zero attached hydrogens (tertiary/aromatic N) is 2. The molecule has 0 saturated heterocycles. The molecule has 0 saturated carbocycles. The van der Waals surface area contributed by atoms with Gasteiger partial charge >= 0.3 is 0 Å². The Morgan fingerprint density at radius 1 is 0.907 bits per heavy atom. The van der Waals surface area contributed by atoms with E-state index in [4.69, 9.17) is 0 Å². The lowest BCUT2D eigenvalue weighted by molar-refractivity contribution is 0.640. The molecule has 2 aromatic rings. The second kappa shape index (κ2) is 15.5. The van der Waals surface area contributed by atoms with E-state index in [0.29, 0.717) is 25.6 Å². The van der Waals surface area contributed by atoms with Crippen LogP contribution in [-0.2, 0) is 19.6 Å². The van der Waals surface area contributed by atoms with Gasteiger partial charge in [0.05, 0.1) is 11.4 Å². The number of nitrogens with one attached hydrogen (secondary N) is 3. The molecule has 1 aliphatic carbocycles. The highest BCUT2D eigenvalue weighted by atomic mass is 15.2. The van der Waals surface area contributed by atoms with Crippen molar-refractivity contribution >= 4 is 11.4 Å². The number of hydrogen-bond donors (Lipinski definition) is 3. The summed E-state index contributed by atoms with van der Waals surface area (Å²) in [6, 6.07) is 16.9. The molecular weight excluding hydrogens is 526 g/mol. The van der Waals surface area contributed by atoms with Crippen molar-refractivity contribution in [3.63, 3.8) is 0 Å². The Morgan fingerprint density at radius 3 is 2.12 bits per heavy atom. The number of allylic oxidation sites excluding steroid dienone is 4. The highest BCUT2D eigenvalue weighted by molar-refractivity contribution is 5.83. The predicted octanol–water partition coefficient (Wildman–Crippen LogP) is 8.13. The van der Waals surface area contributed by atoms with E-state index in [9.17, 15) is 0 Å². The van der Waals surface area contributed by atoms with Gasteiger partial charge in [-0.3, -0.25) is 4.99 Å². The number of aliphatic imine (C=N–C) groups is 1. The van der Waals surface area contributed by atoms with Gasteiger partial charge in [-0.2, -0.15) is 0 Å². The first-order valence-electron chi connectivity index (χ1n) is 14.7. The molecule has 3 rings (SSSR count). The van der Waals surface area contributed by atoms with Crippen LogP contribution in [0.15, 0.2) is 145 Å². The zero-order valence-electron chi connectivity index (χ0n) is 26.4. The van der Waals surface area contributed by atoms with Crippen LogP contribution in [0.25, 0.3) is 5.57 Å². The molecule has 5 heteroatoms. The number of amidine groups is 1. The molecule has 0 fully saturated rings. The molecule has 3 N–H and O–H groups in total. The molecule has 0 spiro atoms. The number of hydrogen-bond acceptors (Lipinski definition) is 4. The molecule has 1 aliphatic rings. The second-order valence-electron chi connectivity index (χ2n) is 10.8. The summed E-state index contributed by atoms with van der Waals surface area (Å²) in [5.74, 6) is 1.22. The molecule has 0 radical (unpaired) electrons. The average Bonchev–Trinajstić information content (AvgIpc) is 3.00. The summed E-state index contributed by atoms with van der Waals surface area (Å²) in [7, 11) is 0. The van der Waals surface area contributed by atoms with Gasteiger partial charge in [0.2, 0.25) is 0 Å². The van der Waals surface area contributed by atoms with Crippen LogP contribution in [0.5, 0.6) is 0 Å². The van der Waals surface area contributed by atoms with E-state index < -0.39 is 0 Å². The molecule has 0 aromatic heterocycles. The molecule has 1 atom stereocenters. The van der Waals surface area contributed by atoms with Crippen molar-refractivity contribution in [1.29, 1.82) is 0 Å². The Morgan fingerprint density at radius 2 is 1.53 bits per heavy atom. The minimum Gasteiger partial charge on any atom is -0.384 e.